The van der Waals surface area contributed by atoms with E-state index in [0.717, 1.165) is 17.8 Å². The van der Waals surface area contributed by atoms with E-state index in [1.807, 2.05) is 56.4 Å². The van der Waals surface area contributed by atoms with Gasteiger partial charge in [0, 0.05) is 30.7 Å². The maximum atomic E-state index is 12.7. The van der Waals surface area contributed by atoms with Gasteiger partial charge in [0.25, 0.3) is 0 Å². The summed E-state index contributed by atoms with van der Waals surface area (Å²) in [6.07, 6.45) is 5.03. The Morgan fingerprint density at radius 2 is 2.00 bits per heavy atom. The van der Waals surface area contributed by atoms with Crippen LogP contribution in [0.5, 0.6) is 11.5 Å². The lowest BCUT2D eigenvalue weighted by Crippen LogP contribution is -2.39. The van der Waals surface area contributed by atoms with E-state index < -0.39 is 0 Å². The van der Waals surface area contributed by atoms with Gasteiger partial charge in [-0.3, -0.25) is 9.69 Å². The zero-order valence-electron chi connectivity index (χ0n) is 22.0. The van der Waals surface area contributed by atoms with Gasteiger partial charge in [-0.15, -0.1) is 0 Å². The number of nitrogens with one attached hydrogen (secondary N) is 3. The third-order valence-electron chi connectivity index (χ3n) is 6.59. The molecule has 0 radical (unpaired) electrons. The van der Waals surface area contributed by atoms with Crippen molar-refractivity contribution in [1.29, 1.82) is 0 Å². The van der Waals surface area contributed by atoms with Crippen LogP contribution >= 0.6 is 11.6 Å². The number of likely N-dealkylation sites (N-methyl/N-ethyl adjacent to an activating group) is 1. The van der Waals surface area contributed by atoms with Crippen molar-refractivity contribution in [3.05, 3.63) is 65.6 Å². The summed E-state index contributed by atoms with van der Waals surface area (Å²) in [6, 6.07) is 10.9. The average Bonchev–Trinajstić information content (AvgIpc) is 3.45. The van der Waals surface area contributed by atoms with E-state index >= 15 is 0 Å². The van der Waals surface area contributed by atoms with Crippen molar-refractivity contribution in [1.82, 2.24) is 24.6 Å². The summed E-state index contributed by atoms with van der Waals surface area (Å²) in [5.41, 5.74) is 3.74. The number of methoxy groups -OCH3 is 2. The molecule has 5 rings (SSSR count). The smallest absolute Gasteiger partial charge is 0.241 e. The van der Waals surface area contributed by atoms with Gasteiger partial charge < -0.3 is 25.4 Å². The first-order valence-electron chi connectivity index (χ1n) is 12.4. The summed E-state index contributed by atoms with van der Waals surface area (Å²) >= 11 is 6.47. The Morgan fingerprint density at radius 3 is 2.72 bits per heavy atom. The zero-order chi connectivity index (χ0) is 27.5. The largest absolute Gasteiger partial charge is 0.497 e. The van der Waals surface area contributed by atoms with Crippen LogP contribution in [-0.4, -0.2) is 57.4 Å². The van der Waals surface area contributed by atoms with Gasteiger partial charge in [0.1, 0.15) is 16.5 Å². The second kappa shape index (κ2) is 11.2. The monoisotopic (exact) mass is 548 g/mol. The van der Waals surface area contributed by atoms with Crippen molar-refractivity contribution in [2.45, 2.75) is 26.4 Å². The van der Waals surface area contributed by atoms with Gasteiger partial charge in [-0.25, -0.2) is 9.67 Å². The van der Waals surface area contributed by atoms with Crippen molar-refractivity contribution in [2.24, 2.45) is 0 Å². The second-order valence-electron chi connectivity index (χ2n) is 8.91. The quantitative estimate of drug-likeness (QED) is 0.280. The Hall–Kier alpha value is -4.35. The van der Waals surface area contributed by atoms with E-state index in [1.54, 1.807) is 25.1 Å². The van der Waals surface area contributed by atoms with E-state index in [4.69, 9.17) is 21.1 Å². The van der Waals surface area contributed by atoms with Crippen molar-refractivity contribution in [2.75, 3.05) is 36.7 Å². The minimum Gasteiger partial charge on any atom is -0.497 e. The number of benzene rings is 2. The Morgan fingerprint density at radius 1 is 1.15 bits per heavy atom. The predicted octanol–water partition coefficient (Wildman–Crippen LogP) is 4.98. The number of carbonyl (C=O) groups excluding carboxylic acids is 1. The van der Waals surface area contributed by atoms with Crippen LogP contribution in [0.1, 0.15) is 19.4 Å². The van der Waals surface area contributed by atoms with Crippen molar-refractivity contribution < 1.29 is 14.3 Å². The molecule has 1 unspecified atom stereocenters. The van der Waals surface area contributed by atoms with Crippen LogP contribution in [0.3, 0.4) is 0 Å². The summed E-state index contributed by atoms with van der Waals surface area (Å²) < 4.78 is 12.8. The first-order chi connectivity index (χ1) is 18.9. The fraction of sp³-hybridized carbons (Fsp3) is 0.259. The Balaban J connectivity index is 1.46. The molecular formula is C27H29ClN8O3. The van der Waals surface area contributed by atoms with Crippen LogP contribution in [0.25, 0.3) is 5.69 Å². The number of halogens is 1. The lowest BCUT2D eigenvalue weighted by molar-refractivity contribution is -0.120. The number of hydrogen-bond donors (Lipinski definition) is 3. The van der Waals surface area contributed by atoms with Crippen LogP contribution in [0.2, 0.25) is 5.02 Å². The number of aromatic nitrogens is 4. The summed E-state index contributed by atoms with van der Waals surface area (Å²) in [7, 11) is 3.20. The molecule has 0 bridgehead atoms. The molecule has 1 aliphatic rings. The number of rotatable bonds is 8. The van der Waals surface area contributed by atoms with Crippen LogP contribution in [0, 0.1) is 0 Å². The zero-order valence-corrected chi connectivity index (χ0v) is 22.8. The highest BCUT2D eigenvalue weighted by Crippen LogP contribution is 2.36. The number of hydrogen-bond acceptors (Lipinski definition) is 9. The Labute approximate surface area is 231 Å². The summed E-state index contributed by atoms with van der Waals surface area (Å²) in [4.78, 5) is 23.8. The van der Waals surface area contributed by atoms with E-state index in [0.29, 0.717) is 45.9 Å². The highest BCUT2D eigenvalue weighted by atomic mass is 35.5. The number of anilines is 5. The number of nitrogens with zero attached hydrogens (tertiary/aromatic N) is 5. The molecule has 0 saturated carbocycles. The first kappa shape index (κ1) is 26.3. The van der Waals surface area contributed by atoms with Gasteiger partial charge in [0.05, 0.1) is 43.5 Å². The number of carbonyl (C=O) groups is 1. The van der Waals surface area contributed by atoms with E-state index in [9.17, 15) is 4.79 Å². The minimum absolute atomic E-state index is 0.0616. The fourth-order valence-corrected chi connectivity index (χ4v) is 4.53. The summed E-state index contributed by atoms with van der Waals surface area (Å²) in [6.45, 7) is 5.31. The van der Waals surface area contributed by atoms with E-state index in [2.05, 4.69) is 35.9 Å². The van der Waals surface area contributed by atoms with Crippen LogP contribution < -0.4 is 25.4 Å². The Kier molecular flexibility index (Phi) is 7.53. The van der Waals surface area contributed by atoms with E-state index in [1.165, 1.54) is 6.20 Å². The van der Waals surface area contributed by atoms with Gasteiger partial charge in [0.2, 0.25) is 11.9 Å². The highest BCUT2D eigenvalue weighted by molar-refractivity contribution is 6.33. The number of fused-ring (bicyclic) bond motifs is 1. The second-order valence-corrected chi connectivity index (χ2v) is 9.32. The van der Waals surface area contributed by atoms with Crippen molar-refractivity contribution in [3.8, 4) is 17.2 Å². The van der Waals surface area contributed by atoms with Gasteiger partial charge in [-0.2, -0.15) is 10.1 Å². The van der Waals surface area contributed by atoms with Crippen molar-refractivity contribution in [3.63, 3.8) is 0 Å². The van der Waals surface area contributed by atoms with Crippen molar-refractivity contribution >= 4 is 46.3 Å². The molecule has 39 heavy (non-hydrogen) atoms. The molecule has 1 atom stereocenters. The molecule has 11 nitrogen and oxygen atoms in total. The number of amides is 1. The van der Waals surface area contributed by atoms with Crippen LogP contribution in [0.4, 0.5) is 28.8 Å². The molecule has 0 saturated heterocycles. The molecule has 2 aromatic heterocycles. The lowest BCUT2D eigenvalue weighted by Gasteiger charge is -2.23. The predicted molar refractivity (Wildman–Crippen MR) is 151 cm³/mol. The summed E-state index contributed by atoms with van der Waals surface area (Å²) in [5.74, 6) is 1.90. The summed E-state index contributed by atoms with van der Waals surface area (Å²) in [5, 5.41) is 14.2. The first-order valence-corrected chi connectivity index (χ1v) is 12.8. The topological polar surface area (TPSA) is 118 Å². The standard InChI is InChI=1S/C27H29ClN8O3/c1-5-35-15-17-11-24(39-4)22(13-21(17)32-26(37)16(35)2)33-27-29-14-19(28)25(34-27)31-20-8-7-18(38-3)12-23(20)36-10-6-9-30-36/h6-14,16H,5,15H2,1-4H3,(H,32,37)(H2,29,31,33,34). The molecular weight excluding hydrogens is 520 g/mol. The molecule has 3 N–H and O–H groups in total. The van der Waals surface area contributed by atoms with Gasteiger partial charge in [-0.1, -0.05) is 18.5 Å². The molecule has 4 aromatic rings. The average molecular weight is 549 g/mol. The van der Waals surface area contributed by atoms with Gasteiger partial charge in [0.15, 0.2) is 5.82 Å². The number of ether oxygens (including phenoxy) is 2. The molecule has 0 spiro atoms. The minimum atomic E-state index is -0.248. The molecule has 3 heterocycles. The van der Waals surface area contributed by atoms with Crippen LogP contribution in [0.15, 0.2) is 55.0 Å². The van der Waals surface area contributed by atoms with Gasteiger partial charge >= 0.3 is 0 Å². The van der Waals surface area contributed by atoms with Gasteiger partial charge in [-0.05, 0) is 49.4 Å². The fourth-order valence-electron chi connectivity index (χ4n) is 4.39. The molecule has 1 amide bonds. The molecule has 12 heteroatoms. The maximum Gasteiger partial charge on any atom is 0.241 e. The molecule has 1 aliphatic heterocycles. The lowest BCUT2D eigenvalue weighted by atomic mass is 10.1. The normalized spacial score (nSPS) is 15.2. The molecule has 0 aliphatic carbocycles. The molecule has 202 valence electrons. The molecule has 2 aromatic carbocycles. The SMILES string of the molecule is CCN1Cc2cc(OC)c(Nc3ncc(Cl)c(Nc4ccc(OC)cc4-n4cccn4)n3)cc2NC(=O)C1C. The van der Waals surface area contributed by atoms with Crippen LogP contribution in [-0.2, 0) is 11.3 Å². The third kappa shape index (κ3) is 5.45. The third-order valence-corrected chi connectivity index (χ3v) is 6.87. The Bertz CT molecular complexity index is 1490. The van der Waals surface area contributed by atoms with E-state index in [-0.39, 0.29) is 17.9 Å². The molecule has 0 fully saturated rings. The highest BCUT2D eigenvalue weighted by Gasteiger charge is 2.27. The maximum absolute atomic E-state index is 12.7.